The highest BCUT2D eigenvalue weighted by atomic mass is 19.3. The second-order valence-corrected chi connectivity index (χ2v) is 8.14. The highest BCUT2D eigenvalue weighted by molar-refractivity contribution is 5.87. The van der Waals surface area contributed by atoms with Gasteiger partial charge in [0.2, 0.25) is 11.9 Å². The van der Waals surface area contributed by atoms with Crippen molar-refractivity contribution in [3.63, 3.8) is 0 Å². The van der Waals surface area contributed by atoms with Gasteiger partial charge < -0.3 is 10.2 Å². The van der Waals surface area contributed by atoms with Crippen LogP contribution in [0.4, 0.5) is 20.4 Å². The lowest BCUT2D eigenvalue weighted by Gasteiger charge is -2.39. The van der Waals surface area contributed by atoms with Crippen molar-refractivity contribution >= 4 is 28.6 Å². The maximum atomic E-state index is 12.7. The van der Waals surface area contributed by atoms with Gasteiger partial charge in [0, 0.05) is 62.6 Å². The molecule has 1 amide bonds. The molecule has 4 heterocycles. The van der Waals surface area contributed by atoms with Crippen LogP contribution >= 0.6 is 0 Å². The molecule has 0 bridgehead atoms. The van der Waals surface area contributed by atoms with Crippen LogP contribution in [-0.2, 0) is 17.9 Å². The van der Waals surface area contributed by atoms with Crippen molar-refractivity contribution in [2.75, 3.05) is 31.5 Å². The van der Waals surface area contributed by atoms with E-state index in [0.717, 1.165) is 4.68 Å². The first-order chi connectivity index (χ1) is 16.3. The van der Waals surface area contributed by atoms with E-state index < -0.39 is 13.0 Å². The normalized spacial score (nSPS) is 16.8. The number of aromatic nitrogens is 5. The van der Waals surface area contributed by atoms with Gasteiger partial charge in [-0.2, -0.15) is 10.1 Å². The van der Waals surface area contributed by atoms with Gasteiger partial charge in [0.15, 0.2) is 0 Å². The summed E-state index contributed by atoms with van der Waals surface area (Å²) in [5.41, 5.74) is 0.749. The number of alkyl halides is 2. The lowest BCUT2D eigenvalue weighted by Crippen LogP contribution is -2.54. The average Bonchev–Trinajstić information content (AvgIpc) is 3.24. The molecule has 0 aliphatic carbocycles. The molecule has 10 nitrogen and oxygen atoms in total. The van der Waals surface area contributed by atoms with Gasteiger partial charge in [-0.05, 0) is 19.1 Å². The number of halogens is 2. The van der Waals surface area contributed by atoms with Crippen molar-refractivity contribution in [3.8, 4) is 0 Å². The third-order valence-corrected chi connectivity index (χ3v) is 5.80. The summed E-state index contributed by atoms with van der Waals surface area (Å²) in [6, 6.07) is 3.29. The fraction of sp³-hybridized carbons (Fsp3) is 0.409. The molecule has 1 N–H and O–H groups in total. The van der Waals surface area contributed by atoms with Gasteiger partial charge in [-0.1, -0.05) is 6.58 Å². The monoisotopic (exact) mass is 472 g/mol. The topological polar surface area (TPSA) is 101 Å². The Kier molecular flexibility index (Phi) is 6.96. The summed E-state index contributed by atoms with van der Waals surface area (Å²) in [6.07, 6.45) is 3.27. The molecule has 1 aliphatic heterocycles. The van der Waals surface area contributed by atoms with Gasteiger partial charge in [0.05, 0.1) is 11.9 Å². The molecular formula is C22H26F2N8O2. The van der Waals surface area contributed by atoms with Crippen LogP contribution in [0, 0.1) is 0 Å². The predicted molar refractivity (Wildman–Crippen MR) is 123 cm³/mol. The Bertz CT molecular complexity index is 1240. The third-order valence-electron chi connectivity index (χ3n) is 5.80. The van der Waals surface area contributed by atoms with Crippen molar-refractivity contribution in [1.29, 1.82) is 0 Å². The summed E-state index contributed by atoms with van der Waals surface area (Å²) in [4.78, 5) is 37.3. The first-order valence-electron chi connectivity index (χ1n) is 10.9. The Balaban J connectivity index is 1.49. The zero-order valence-corrected chi connectivity index (χ0v) is 18.8. The number of amides is 1. The van der Waals surface area contributed by atoms with Gasteiger partial charge in [0.25, 0.3) is 12.0 Å². The molecule has 180 valence electrons. The van der Waals surface area contributed by atoms with Crippen molar-refractivity contribution in [1.82, 2.24) is 34.1 Å². The minimum atomic E-state index is -2.51. The van der Waals surface area contributed by atoms with Crippen LogP contribution in [0.15, 0.2) is 48.2 Å². The van der Waals surface area contributed by atoms with E-state index in [1.54, 1.807) is 21.7 Å². The molecule has 4 rings (SSSR count). The smallest absolute Gasteiger partial charge is 0.257 e. The number of carbonyl (C=O) groups is 1. The van der Waals surface area contributed by atoms with Gasteiger partial charge in [0.1, 0.15) is 12.2 Å². The SMILES string of the molecule is C=CC(=O)N1CCN(CCn2c(=O)ccc3cnc(Nc4cnn(CC(F)F)c4)nc32)[C@@H](C)C1. The van der Waals surface area contributed by atoms with E-state index in [4.69, 9.17) is 0 Å². The molecule has 0 saturated carbocycles. The zero-order chi connectivity index (χ0) is 24.2. The maximum Gasteiger partial charge on any atom is 0.257 e. The molecule has 3 aromatic rings. The van der Waals surface area contributed by atoms with Crippen molar-refractivity contribution in [2.24, 2.45) is 0 Å². The molecule has 1 saturated heterocycles. The standard InChI is InChI=1S/C22H26F2N8O2/c1-3-19(33)30-7-6-29(15(2)12-30)8-9-32-20(34)5-4-16-10-25-22(28-21(16)32)27-17-11-26-31(13-17)14-18(23)24/h3-5,10-11,13,15,18H,1,6-9,12,14H2,2H3,(H,25,27,28)/t15-/m0/s1. The van der Waals surface area contributed by atoms with Crippen LogP contribution in [-0.4, -0.2) is 78.7 Å². The van der Waals surface area contributed by atoms with Crippen LogP contribution in [0.25, 0.3) is 11.0 Å². The van der Waals surface area contributed by atoms with Gasteiger partial charge in [-0.15, -0.1) is 0 Å². The number of hydrogen-bond donors (Lipinski definition) is 1. The van der Waals surface area contributed by atoms with Crippen LogP contribution in [0.3, 0.4) is 0 Å². The molecule has 0 spiro atoms. The minimum absolute atomic E-state index is 0.0757. The van der Waals surface area contributed by atoms with Crippen molar-refractivity contribution in [2.45, 2.75) is 32.5 Å². The first kappa shape index (κ1) is 23.5. The largest absolute Gasteiger partial charge is 0.336 e. The maximum absolute atomic E-state index is 12.7. The van der Waals surface area contributed by atoms with E-state index in [1.165, 1.54) is 24.5 Å². The second kappa shape index (κ2) is 10.1. The number of carbonyl (C=O) groups excluding carboxylic acids is 1. The van der Waals surface area contributed by atoms with E-state index in [1.807, 2.05) is 6.92 Å². The lowest BCUT2D eigenvalue weighted by molar-refractivity contribution is -0.128. The van der Waals surface area contributed by atoms with Gasteiger partial charge in [-0.25, -0.2) is 13.8 Å². The molecule has 0 aromatic carbocycles. The molecule has 0 unspecified atom stereocenters. The first-order valence-corrected chi connectivity index (χ1v) is 10.9. The van der Waals surface area contributed by atoms with E-state index in [0.29, 0.717) is 49.4 Å². The number of anilines is 2. The lowest BCUT2D eigenvalue weighted by atomic mass is 10.2. The Labute approximate surface area is 194 Å². The molecule has 34 heavy (non-hydrogen) atoms. The van der Waals surface area contributed by atoms with Crippen molar-refractivity contribution in [3.05, 3.63) is 53.7 Å². The average molecular weight is 473 g/mol. The minimum Gasteiger partial charge on any atom is -0.336 e. The molecule has 3 aromatic heterocycles. The Morgan fingerprint density at radius 3 is 2.85 bits per heavy atom. The fourth-order valence-corrected chi connectivity index (χ4v) is 4.03. The molecule has 12 heteroatoms. The molecule has 1 atom stereocenters. The molecule has 1 aliphatic rings. The number of nitrogens with one attached hydrogen (secondary N) is 1. The number of rotatable bonds is 8. The zero-order valence-electron chi connectivity index (χ0n) is 18.8. The van der Waals surface area contributed by atoms with Crippen LogP contribution in [0.5, 0.6) is 0 Å². The number of piperazine rings is 1. The van der Waals surface area contributed by atoms with Gasteiger partial charge >= 0.3 is 0 Å². The van der Waals surface area contributed by atoms with E-state index >= 15 is 0 Å². The molecule has 1 fully saturated rings. The number of fused-ring (bicyclic) bond motifs is 1. The van der Waals surface area contributed by atoms with Gasteiger partial charge in [-0.3, -0.25) is 23.7 Å². The molecular weight excluding hydrogens is 446 g/mol. The predicted octanol–water partition coefficient (Wildman–Crippen LogP) is 1.72. The quantitative estimate of drug-likeness (QED) is 0.498. The summed E-state index contributed by atoms with van der Waals surface area (Å²) in [7, 11) is 0. The summed E-state index contributed by atoms with van der Waals surface area (Å²) in [5, 5.41) is 7.53. The second-order valence-electron chi connectivity index (χ2n) is 8.14. The summed E-state index contributed by atoms with van der Waals surface area (Å²) in [5.74, 6) is 0.154. The molecule has 0 radical (unpaired) electrons. The summed E-state index contributed by atoms with van der Waals surface area (Å²) >= 11 is 0. The summed E-state index contributed by atoms with van der Waals surface area (Å²) in [6.45, 7) is 8.03. The van der Waals surface area contributed by atoms with Crippen LogP contribution < -0.4 is 10.9 Å². The van der Waals surface area contributed by atoms with Crippen molar-refractivity contribution < 1.29 is 13.6 Å². The fourth-order valence-electron chi connectivity index (χ4n) is 4.03. The highest BCUT2D eigenvalue weighted by Crippen LogP contribution is 2.16. The Morgan fingerprint density at radius 2 is 2.12 bits per heavy atom. The highest BCUT2D eigenvalue weighted by Gasteiger charge is 2.25. The number of nitrogens with zero attached hydrogens (tertiary/aromatic N) is 7. The van der Waals surface area contributed by atoms with E-state index in [2.05, 4.69) is 31.9 Å². The Hall–Kier alpha value is -3.67. The summed E-state index contributed by atoms with van der Waals surface area (Å²) < 4.78 is 27.8. The Morgan fingerprint density at radius 1 is 1.29 bits per heavy atom. The van der Waals surface area contributed by atoms with Crippen LogP contribution in [0.2, 0.25) is 0 Å². The van der Waals surface area contributed by atoms with E-state index in [-0.39, 0.29) is 23.5 Å². The van der Waals surface area contributed by atoms with E-state index in [9.17, 15) is 18.4 Å². The number of pyridine rings is 1. The number of hydrogen-bond acceptors (Lipinski definition) is 7. The van der Waals surface area contributed by atoms with Crippen LogP contribution in [0.1, 0.15) is 6.92 Å². The third kappa shape index (κ3) is 5.28.